The first-order valence-electron chi connectivity index (χ1n) is 31.1. The van der Waals surface area contributed by atoms with Crippen LogP contribution in [-0.2, 0) is 14.3 Å². The predicted octanol–water partition coefficient (Wildman–Crippen LogP) is 19.4. The van der Waals surface area contributed by atoms with E-state index in [1.165, 1.54) is 257 Å². The molecule has 0 aromatic rings. The summed E-state index contributed by atoms with van der Waals surface area (Å²) in [7, 11) is 0. The lowest BCUT2D eigenvalue weighted by Gasteiger charge is -2.20. The SMILES string of the molecule is CCCCCCCC/C=C\CCCCCCCCCC(=O)OCCCCCCCCCCCCCCCCC(=O)NC(CO)C(O)/C=C/CCCCCCCCCCCCCCCCCCCCC. The number of allylic oxidation sites excluding steroid dienone is 3. The fourth-order valence-electron chi connectivity index (χ4n) is 9.69. The van der Waals surface area contributed by atoms with Crippen molar-refractivity contribution in [2.75, 3.05) is 13.2 Å². The molecule has 0 aliphatic carbocycles. The number of carbonyl (C=O) groups excluding carboxylic acids is 2. The molecule has 0 aromatic carbocycles. The number of unbranched alkanes of at least 4 members (excludes halogenated alkanes) is 45. The maximum absolute atomic E-state index is 12.5. The molecule has 2 unspecified atom stereocenters. The highest BCUT2D eigenvalue weighted by molar-refractivity contribution is 5.76. The molecule has 0 spiro atoms. The molecule has 0 aliphatic rings. The molecule has 0 bridgehead atoms. The Morgan fingerprint density at radius 3 is 1.03 bits per heavy atom. The summed E-state index contributed by atoms with van der Waals surface area (Å²) in [6.45, 7) is 4.90. The van der Waals surface area contributed by atoms with Crippen LogP contribution in [0.5, 0.6) is 0 Å². The summed E-state index contributed by atoms with van der Waals surface area (Å²) in [5, 5.41) is 23.2. The highest BCUT2D eigenvalue weighted by Crippen LogP contribution is 2.17. The second-order valence-corrected chi connectivity index (χ2v) is 21.4. The quantitative estimate of drug-likeness (QED) is 0.0321. The van der Waals surface area contributed by atoms with Gasteiger partial charge in [-0.1, -0.05) is 295 Å². The van der Waals surface area contributed by atoms with Gasteiger partial charge in [-0.25, -0.2) is 0 Å². The van der Waals surface area contributed by atoms with Crippen LogP contribution in [0.3, 0.4) is 0 Å². The minimum Gasteiger partial charge on any atom is -0.466 e. The van der Waals surface area contributed by atoms with Crippen LogP contribution < -0.4 is 5.32 Å². The van der Waals surface area contributed by atoms with Gasteiger partial charge in [0, 0.05) is 12.8 Å². The second-order valence-electron chi connectivity index (χ2n) is 21.4. The molecule has 69 heavy (non-hydrogen) atoms. The number of aliphatic hydroxyl groups excluding tert-OH is 2. The third-order valence-corrected chi connectivity index (χ3v) is 14.5. The first-order chi connectivity index (χ1) is 34.0. The van der Waals surface area contributed by atoms with Crippen LogP contribution in [0.4, 0.5) is 0 Å². The van der Waals surface area contributed by atoms with Gasteiger partial charge in [-0.2, -0.15) is 0 Å². The molecule has 6 heteroatoms. The van der Waals surface area contributed by atoms with E-state index in [2.05, 4.69) is 31.3 Å². The smallest absolute Gasteiger partial charge is 0.305 e. The van der Waals surface area contributed by atoms with Crippen molar-refractivity contribution in [2.45, 2.75) is 353 Å². The van der Waals surface area contributed by atoms with Gasteiger partial charge in [0.2, 0.25) is 5.91 Å². The molecule has 0 saturated carbocycles. The van der Waals surface area contributed by atoms with Crippen molar-refractivity contribution < 1.29 is 24.5 Å². The topological polar surface area (TPSA) is 95.9 Å². The standard InChI is InChI=1S/C63H121NO5/c1-3-5-7-9-11-13-15-17-19-21-22-23-24-26-27-31-35-39-43-47-51-55-61(66)60(59-65)64-62(67)56-52-48-44-40-36-32-29-30-34-38-42-46-50-54-58-69-63(68)57-53-49-45-41-37-33-28-25-20-18-16-14-12-10-8-6-4-2/h18,20,51,55,60-61,65-66H,3-17,19,21-50,52-54,56-59H2,1-2H3,(H,64,67)/b20-18-,55-51+. The van der Waals surface area contributed by atoms with E-state index in [1.54, 1.807) is 6.08 Å². The second kappa shape index (κ2) is 58.9. The molecule has 2 atom stereocenters. The Morgan fingerprint density at radius 2 is 0.681 bits per heavy atom. The predicted molar refractivity (Wildman–Crippen MR) is 301 cm³/mol. The molecule has 408 valence electrons. The Bertz CT molecular complexity index is 1080. The summed E-state index contributed by atoms with van der Waals surface area (Å²) in [4.78, 5) is 24.6. The molecule has 6 nitrogen and oxygen atoms in total. The minimum absolute atomic E-state index is 0.00601. The van der Waals surface area contributed by atoms with Gasteiger partial charge in [-0.05, 0) is 57.8 Å². The van der Waals surface area contributed by atoms with Crippen molar-refractivity contribution >= 4 is 11.9 Å². The summed E-state index contributed by atoms with van der Waals surface area (Å²) in [5.41, 5.74) is 0. The van der Waals surface area contributed by atoms with Crippen LogP contribution in [-0.4, -0.2) is 47.4 Å². The number of carbonyl (C=O) groups is 2. The molecule has 0 radical (unpaired) electrons. The van der Waals surface area contributed by atoms with Crippen LogP contribution >= 0.6 is 0 Å². The van der Waals surface area contributed by atoms with Crippen molar-refractivity contribution in [3.8, 4) is 0 Å². The lowest BCUT2D eigenvalue weighted by molar-refractivity contribution is -0.143. The molecule has 0 rings (SSSR count). The number of esters is 1. The number of hydrogen-bond acceptors (Lipinski definition) is 5. The maximum Gasteiger partial charge on any atom is 0.305 e. The largest absolute Gasteiger partial charge is 0.466 e. The number of hydrogen-bond donors (Lipinski definition) is 3. The lowest BCUT2D eigenvalue weighted by Crippen LogP contribution is -2.45. The molecule has 0 heterocycles. The van der Waals surface area contributed by atoms with Gasteiger partial charge in [-0.15, -0.1) is 0 Å². The summed E-state index contributed by atoms with van der Waals surface area (Å²) in [6.07, 6.45) is 72.1. The van der Waals surface area contributed by atoms with Gasteiger partial charge >= 0.3 is 5.97 Å². The van der Waals surface area contributed by atoms with Crippen LogP contribution in [0.25, 0.3) is 0 Å². The van der Waals surface area contributed by atoms with Crippen molar-refractivity contribution in [3.63, 3.8) is 0 Å². The molecular formula is C63H121NO5. The van der Waals surface area contributed by atoms with E-state index in [1.807, 2.05) is 6.08 Å². The van der Waals surface area contributed by atoms with Gasteiger partial charge < -0.3 is 20.3 Å². The van der Waals surface area contributed by atoms with Crippen molar-refractivity contribution in [1.82, 2.24) is 5.32 Å². The van der Waals surface area contributed by atoms with Gasteiger partial charge in [0.05, 0.1) is 25.4 Å². The Kier molecular flexibility index (Phi) is 57.5. The van der Waals surface area contributed by atoms with Gasteiger partial charge in [-0.3, -0.25) is 9.59 Å². The van der Waals surface area contributed by atoms with E-state index in [0.29, 0.717) is 19.4 Å². The van der Waals surface area contributed by atoms with E-state index in [-0.39, 0.29) is 18.5 Å². The van der Waals surface area contributed by atoms with Crippen LogP contribution in [0.2, 0.25) is 0 Å². The zero-order valence-electron chi connectivity index (χ0n) is 46.6. The third-order valence-electron chi connectivity index (χ3n) is 14.5. The molecule has 0 saturated heterocycles. The summed E-state index contributed by atoms with van der Waals surface area (Å²) >= 11 is 0. The molecule has 0 aromatic heterocycles. The fraction of sp³-hybridized carbons (Fsp3) is 0.905. The van der Waals surface area contributed by atoms with Gasteiger partial charge in [0.25, 0.3) is 0 Å². The van der Waals surface area contributed by atoms with Gasteiger partial charge in [0.1, 0.15) is 0 Å². The summed E-state index contributed by atoms with van der Waals surface area (Å²) in [6, 6.07) is -0.637. The highest BCUT2D eigenvalue weighted by atomic mass is 16.5. The number of rotatable bonds is 58. The van der Waals surface area contributed by atoms with Crippen LogP contribution in [0.15, 0.2) is 24.3 Å². The molecule has 3 N–H and O–H groups in total. The van der Waals surface area contributed by atoms with E-state index < -0.39 is 12.1 Å². The normalized spacial score (nSPS) is 12.7. The number of amides is 1. The zero-order chi connectivity index (χ0) is 50.0. The van der Waals surface area contributed by atoms with Crippen LogP contribution in [0, 0.1) is 0 Å². The monoisotopic (exact) mass is 972 g/mol. The Balaban J connectivity index is 3.46. The van der Waals surface area contributed by atoms with E-state index in [4.69, 9.17) is 4.74 Å². The average molecular weight is 973 g/mol. The van der Waals surface area contributed by atoms with Gasteiger partial charge in [0.15, 0.2) is 0 Å². The minimum atomic E-state index is -0.852. The van der Waals surface area contributed by atoms with Crippen molar-refractivity contribution in [3.05, 3.63) is 24.3 Å². The molecule has 0 fully saturated rings. The Labute approximate surface area is 431 Å². The molecular weight excluding hydrogens is 851 g/mol. The van der Waals surface area contributed by atoms with E-state index in [0.717, 1.165) is 57.8 Å². The fourth-order valence-corrected chi connectivity index (χ4v) is 9.69. The van der Waals surface area contributed by atoms with E-state index in [9.17, 15) is 19.8 Å². The maximum atomic E-state index is 12.5. The summed E-state index contributed by atoms with van der Waals surface area (Å²) < 4.78 is 5.48. The van der Waals surface area contributed by atoms with E-state index >= 15 is 0 Å². The van der Waals surface area contributed by atoms with Crippen molar-refractivity contribution in [2.24, 2.45) is 0 Å². The molecule has 1 amide bonds. The summed E-state index contributed by atoms with van der Waals surface area (Å²) in [5.74, 6) is -0.0814. The number of nitrogens with one attached hydrogen (secondary N) is 1. The molecule has 0 aliphatic heterocycles. The number of aliphatic hydroxyl groups is 2. The van der Waals surface area contributed by atoms with Crippen molar-refractivity contribution in [1.29, 1.82) is 0 Å². The average Bonchev–Trinajstić information content (AvgIpc) is 3.35. The lowest BCUT2D eigenvalue weighted by atomic mass is 10.0. The Hall–Kier alpha value is -1.66. The first-order valence-corrected chi connectivity index (χ1v) is 31.1. The Morgan fingerprint density at radius 1 is 0.391 bits per heavy atom. The third kappa shape index (κ3) is 55.5. The number of ether oxygens (including phenoxy) is 1. The first kappa shape index (κ1) is 67.3. The highest BCUT2D eigenvalue weighted by Gasteiger charge is 2.18. The zero-order valence-corrected chi connectivity index (χ0v) is 46.6. The van der Waals surface area contributed by atoms with Crippen LogP contribution in [0.1, 0.15) is 341 Å².